The number of hydrogen-bond donors (Lipinski definition) is 1. The average Bonchev–Trinajstić information content (AvgIpc) is 2.73. The summed E-state index contributed by atoms with van der Waals surface area (Å²) in [4.78, 5) is 28.8. The Hall–Kier alpha value is -3.43. The van der Waals surface area contributed by atoms with Crippen LogP contribution in [0, 0.1) is 6.92 Å². The highest BCUT2D eigenvalue weighted by molar-refractivity contribution is 6.31. The topological polar surface area (TPSA) is 49.9 Å². The maximum atomic E-state index is 13.1. The molecule has 1 N–H and O–H groups in total. The third-order valence-electron chi connectivity index (χ3n) is 4.79. The van der Waals surface area contributed by atoms with Gasteiger partial charge >= 0.3 is 0 Å². The molecule has 0 unspecified atom stereocenters. The molecule has 4 aromatic rings. The summed E-state index contributed by atoms with van der Waals surface area (Å²) >= 11 is 6.21. The first-order valence-corrected chi connectivity index (χ1v) is 9.61. The molecule has 1 heterocycles. The molecule has 4 rings (SSSR count). The average molecular weight is 400 g/mol. The van der Waals surface area contributed by atoms with Crippen LogP contribution in [0.4, 0.5) is 0 Å². The van der Waals surface area contributed by atoms with Gasteiger partial charge in [0.2, 0.25) is 0 Å². The Labute approximate surface area is 173 Å². The van der Waals surface area contributed by atoms with Crippen molar-refractivity contribution >= 4 is 34.4 Å². The molecule has 3 nitrogen and oxygen atoms in total. The number of nitrogens with one attached hydrogen (secondary N) is 1. The van der Waals surface area contributed by atoms with E-state index in [9.17, 15) is 9.59 Å². The van der Waals surface area contributed by atoms with Crippen molar-refractivity contribution in [2.24, 2.45) is 0 Å². The quantitative estimate of drug-likeness (QED) is 0.335. The molecule has 0 bridgehead atoms. The molecule has 3 aromatic carbocycles. The van der Waals surface area contributed by atoms with Crippen LogP contribution in [0.2, 0.25) is 5.02 Å². The van der Waals surface area contributed by atoms with E-state index in [1.54, 1.807) is 24.3 Å². The van der Waals surface area contributed by atoms with Gasteiger partial charge in [0, 0.05) is 21.5 Å². The normalized spacial score (nSPS) is 11.2. The lowest BCUT2D eigenvalue weighted by molar-refractivity contribution is 0.104. The molecular weight excluding hydrogens is 382 g/mol. The number of benzene rings is 3. The number of hydrogen-bond acceptors (Lipinski definition) is 2. The van der Waals surface area contributed by atoms with Crippen LogP contribution in [0.3, 0.4) is 0 Å². The van der Waals surface area contributed by atoms with E-state index in [0.717, 1.165) is 22.1 Å². The summed E-state index contributed by atoms with van der Waals surface area (Å²) in [6.07, 6.45) is 3.16. The first-order chi connectivity index (χ1) is 14.0. The number of H-pyrrole nitrogens is 1. The Morgan fingerprint density at radius 1 is 0.966 bits per heavy atom. The Morgan fingerprint density at radius 3 is 2.41 bits per heavy atom. The van der Waals surface area contributed by atoms with Crippen molar-refractivity contribution in [2.45, 2.75) is 6.92 Å². The minimum absolute atomic E-state index is 0.106. The number of ketones is 1. The number of fused-ring (bicyclic) bond motifs is 1. The van der Waals surface area contributed by atoms with Crippen LogP contribution < -0.4 is 5.56 Å². The highest BCUT2D eigenvalue weighted by Crippen LogP contribution is 2.31. The highest BCUT2D eigenvalue weighted by Gasteiger charge is 2.19. The number of carbonyl (C=O) groups is 1. The van der Waals surface area contributed by atoms with Gasteiger partial charge in [0.15, 0.2) is 5.78 Å². The number of aromatic nitrogens is 1. The van der Waals surface area contributed by atoms with Crippen molar-refractivity contribution in [3.8, 4) is 11.1 Å². The molecule has 0 aliphatic carbocycles. The van der Waals surface area contributed by atoms with Gasteiger partial charge in [-0.15, -0.1) is 0 Å². The van der Waals surface area contributed by atoms with E-state index in [1.807, 2.05) is 61.5 Å². The van der Waals surface area contributed by atoms with Crippen molar-refractivity contribution < 1.29 is 4.79 Å². The zero-order chi connectivity index (χ0) is 20.4. The third kappa shape index (κ3) is 3.91. The number of pyridine rings is 1. The van der Waals surface area contributed by atoms with Crippen LogP contribution in [0.25, 0.3) is 28.1 Å². The SMILES string of the molecule is Cc1ccc(C=CC(=O)c2c(-c3ccccc3)c3cc(Cl)ccc3[nH]c2=O)cc1. The van der Waals surface area contributed by atoms with E-state index in [4.69, 9.17) is 11.6 Å². The zero-order valence-corrected chi connectivity index (χ0v) is 16.5. The van der Waals surface area contributed by atoms with Gasteiger partial charge in [0.1, 0.15) is 0 Å². The zero-order valence-electron chi connectivity index (χ0n) is 15.8. The predicted molar refractivity (Wildman–Crippen MR) is 120 cm³/mol. The third-order valence-corrected chi connectivity index (χ3v) is 5.02. The molecule has 29 heavy (non-hydrogen) atoms. The van der Waals surface area contributed by atoms with Crippen molar-refractivity contribution in [3.05, 3.63) is 111 Å². The summed E-state index contributed by atoms with van der Waals surface area (Å²) in [6.45, 7) is 2.00. The lowest BCUT2D eigenvalue weighted by Gasteiger charge is -2.11. The molecular formula is C25H18ClNO2. The highest BCUT2D eigenvalue weighted by atomic mass is 35.5. The molecule has 0 saturated heterocycles. The summed E-state index contributed by atoms with van der Waals surface area (Å²) in [7, 11) is 0. The van der Waals surface area contributed by atoms with Crippen LogP contribution in [-0.4, -0.2) is 10.8 Å². The summed E-state index contributed by atoms with van der Waals surface area (Å²) in [5, 5.41) is 1.27. The Kier molecular flexibility index (Phi) is 5.15. The second-order valence-corrected chi connectivity index (χ2v) is 7.30. The first kappa shape index (κ1) is 18.9. The van der Waals surface area contributed by atoms with Gasteiger partial charge in [-0.3, -0.25) is 9.59 Å². The van der Waals surface area contributed by atoms with Gasteiger partial charge in [0.05, 0.1) is 5.56 Å². The number of halogens is 1. The van der Waals surface area contributed by atoms with Crippen LogP contribution in [0.5, 0.6) is 0 Å². The van der Waals surface area contributed by atoms with E-state index >= 15 is 0 Å². The minimum atomic E-state index is -0.419. The predicted octanol–water partition coefficient (Wildman–Crippen LogP) is 6.05. The van der Waals surface area contributed by atoms with Crippen LogP contribution in [0.1, 0.15) is 21.5 Å². The van der Waals surface area contributed by atoms with Crippen molar-refractivity contribution in [1.82, 2.24) is 4.98 Å². The van der Waals surface area contributed by atoms with Crippen molar-refractivity contribution in [3.63, 3.8) is 0 Å². The number of carbonyl (C=O) groups excluding carboxylic acids is 1. The van der Waals surface area contributed by atoms with E-state index in [1.165, 1.54) is 6.08 Å². The fourth-order valence-electron chi connectivity index (χ4n) is 3.34. The second kappa shape index (κ2) is 7.90. The van der Waals surface area contributed by atoms with E-state index in [2.05, 4.69) is 4.98 Å². The fourth-order valence-corrected chi connectivity index (χ4v) is 3.51. The monoisotopic (exact) mass is 399 g/mol. The van der Waals surface area contributed by atoms with E-state index < -0.39 is 5.56 Å². The number of aryl methyl sites for hydroxylation is 1. The second-order valence-electron chi connectivity index (χ2n) is 6.87. The lowest BCUT2D eigenvalue weighted by atomic mass is 9.94. The van der Waals surface area contributed by atoms with Gasteiger partial charge in [-0.1, -0.05) is 77.8 Å². The molecule has 0 aliphatic rings. The summed E-state index contributed by atoms with van der Waals surface area (Å²) < 4.78 is 0. The van der Waals surface area contributed by atoms with Crippen molar-refractivity contribution in [2.75, 3.05) is 0 Å². The molecule has 1 aromatic heterocycles. The first-order valence-electron chi connectivity index (χ1n) is 9.23. The van der Waals surface area contributed by atoms with Gasteiger partial charge in [-0.25, -0.2) is 0 Å². The molecule has 4 heteroatoms. The van der Waals surface area contributed by atoms with Gasteiger partial charge < -0.3 is 4.98 Å². The molecule has 0 atom stereocenters. The fraction of sp³-hybridized carbons (Fsp3) is 0.0400. The van der Waals surface area contributed by atoms with E-state index in [0.29, 0.717) is 16.1 Å². The molecule has 0 fully saturated rings. The van der Waals surface area contributed by atoms with Gasteiger partial charge in [-0.05, 0) is 42.3 Å². The Balaban J connectivity index is 1.91. The Morgan fingerprint density at radius 2 is 1.69 bits per heavy atom. The molecule has 0 spiro atoms. The van der Waals surface area contributed by atoms with E-state index in [-0.39, 0.29) is 11.3 Å². The summed E-state index contributed by atoms with van der Waals surface area (Å²) in [5.74, 6) is -0.354. The molecule has 0 amide bonds. The maximum absolute atomic E-state index is 13.1. The van der Waals surface area contributed by atoms with Crippen LogP contribution >= 0.6 is 11.6 Å². The van der Waals surface area contributed by atoms with Crippen molar-refractivity contribution in [1.29, 1.82) is 0 Å². The minimum Gasteiger partial charge on any atom is -0.321 e. The van der Waals surface area contributed by atoms with Crippen LogP contribution in [0.15, 0.2) is 83.7 Å². The number of allylic oxidation sites excluding steroid dienone is 1. The van der Waals surface area contributed by atoms with Crippen LogP contribution in [-0.2, 0) is 0 Å². The maximum Gasteiger partial charge on any atom is 0.260 e. The Bertz CT molecular complexity index is 1290. The molecule has 0 radical (unpaired) electrons. The largest absolute Gasteiger partial charge is 0.321 e. The van der Waals surface area contributed by atoms with Gasteiger partial charge in [0.25, 0.3) is 5.56 Å². The number of aromatic amines is 1. The summed E-state index contributed by atoms with van der Waals surface area (Å²) in [6, 6.07) is 22.5. The lowest BCUT2D eigenvalue weighted by Crippen LogP contribution is -2.18. The molecule has 142 valence electrons. The molecule has 0 aliphatic heterocycles. The standard InChI is InChI=1S/C25H18ClNO2/c1-16-7-9-17(10-8-16)11-14-22(28)24-23(18-5-3-2-4-6-18)20-15-19(26)12-13-21(20)27-25(24)29/h2-15H,1H3,(H,27,29). The summed E-state index contributed by atoms with van der Waals surface area (Å²) in [5.41, 5.74) is 3.74. The molecule has 0 saturated carbocycles. The van der Waals surface area contributed by atoms with Gasteiger partial charge in [-0.2, -0.15) is 0 Å². The number of rotatable bonds is 4. The smallest absolute Gasteiger partial charge is 0.260 e.